The van der Waals surface area contributed by atoms with E-state index in [2.05, 4.69) is 5.32 Å². The second-order valence-electron chi connectivity index (χ2n) is 4.65. The summed E-state index contributed by atoms with van der Waals surface area (Å²) in [6.45, 7) is 1.65. The van der Waals surface area contributed by atoms with Crippen molar-refractivity contribution >= 4 is 6.09 Å². The largest absolute Gasteiger partial charge is 0.412 e. The highest BCUT2D eigenvalue weighted by atomic mass is 19.1. The lowest BCUT2D eigenvalue weighted by atomic mass is 10.1. The van der Waals surface area contributed by atoms with E-state index < -0.39 is 23.8 Å². The van der Waals surface area contributed by atoms with Crippen LogP contribution in [0.25, 0.3) is 0 Å². The summed E-state index contributed by atoms with van der Waals surface area (Å²) < 4.78 is 32.1. The molecule has 2 rings (SSSR count). The molecule has 0 aromatic heterocycles. The van der Waals surface area contributed by atoms with Gasteiger partial charge in [-0.15, -0.1) is 0 Å². The third-order valence-corrected chi connectivity index (χ3v) is 2.89. The molecule has 0 bridgehead atoms. The van der Waals surface area contributed by atoms with Crippen molar-refractivity contribution in [2.24, 2.45) is 0 Å². The topological polar surface area (TPSA) is 38.3 Å². The van der Waals surface area contributed by atoms with Gasteiger partial charge in [-0.25, -0.2) is 13.6 Å². The van der Waals surface area contributed by atoms with Crippen LogP contribution in [0.2, 0.25) is 0 Å². The molecule has 1 amide bonds. The van der Waals surface area contributed by atoms with Gasteiger partial charge in [-0.05, 0) is 37.6 Å². The molecule has 0 heterocycles. The number of nitrogens with one attached hydrogen (secondary N) is 1. The van der Waals surface area contributed by atoms with Crippen LogP contribution in [-0.4, -0.2) is 12.1 Å². The Morgan fingerprint density at radius 2 is 1.71 bits per heavy atom. The van der Waals surface area contributed by atoms with E-state index in [1.807, 2.05) is 0 Å². The maximum Gasteiger partial charge on any atom is 0.412 e. The average molecular weight is 291 g/mol. The van der Waals surface area contributed by atoms with Crippen molar-refractivity contribution < 1.29 is 18.3 Å². The van der Waals surface area contributed by atoms with Crippen LogP contribution in [0.1, 0.15) is 12.5 Å². The second-order valence-corrected chi connectivity index (χ2v) is 4.65. The standard InChI is InChI=1S/C16H15F2NO2/c1-11(10-13-14(17)8-5-9-15(13)18)19-16(20)21-12-6-3-2-4-7-12/h2-9,11H,10H2,1H3,(H,19,20). The Labute approximate surface area is 121 Å². The summed E-state index contributed by atoms with van der Waals surface area (Å²) in [5, 5.41) is 2.54. The Morgan fingerprint density at radius 3 is 2.33 bits per heavy atom. The monoisotopic (exact) mass is 291 g/mol. The number of carbonyl (C=O) groups excluding carboxylic acids is 1. The van der Waals surface area contributed by atoms with Gasteiger partial charge in [0.25, 0.3) is 0 Å². The van der Waals surface area contributed by atoms with E-state index in [0.717, 1.165) is 0 Å². The fourth-order valence-electron chi connectivity index (χ4n) is 1.91. The highest BCUT2D eigenvalue weighted by molar-refractivity contribution is 5.70. The van der Waals surface area contributed by atoms with Crippen molar-refractivity contribution in [2.45, 2.75) is 19.4 Å². The van der Waals surface area contributed by atoms with Gasteiger partial charge in [-0.1, -0.05) is 24.3 Å². The second kappa shape index (κ2) is 6.83. The first-order valence-corrected chi connectivity index (χ1v) is 6.52. The molecule has 1 atom stereocenters. The number of rotatable bonds is 4. The minimum atomic E-state index is -0.662. The van der Waals surface area contributed by atoms with Gasteiger partial charge in [0, 0.05) is 11.6 Å². The predicted molar refractivity (Wildman–Crippen MR) is 75.1 cm³/mol. The molecule has 110 valence electrons. The molecule has 0 spiro atoms. The predicted octanol–water partition coefficient (Wildman–Crippen LogP) is 3.68. The van der Waals surface area contributed by atoms with E-state index >= 15 is 0 Å². The molecule has 0 aliphatic rings. The minimum absolute atomic E-state index is 0.0440. The number of para-hydroxylation sites is 1. The van der Waals surface area contributed by atoms with Crippen LogP contribution in [0, 0.1) is 11.6 Å². The van der Waals surface area contributed by atoms with Crippen molar-refractivity contribution in [3.63, 3.8) is 0 Å². The minimum Gasteiger partial charge on any atom is -0.410 e. The lowest BCUT2D eigenvalue weighted by molar-refractivity contribution is 0.196. The van der Waals surface area contributed by atoms with Crippen LogP contribution < -0.4 is 10.1 Å². The lowest BCUT2D eigenvalue weighted by Crippen LogP contribution is -2.36. The molecular formula is C16H15F2NO2. The van der Waals surface area contributed by atoms with Gasteiger partial charge in [0.2, 0.25) is 0 Å². The maximum absolute atomic E-state index is 13.5. The molecule has 2 aromatic carbocycles. The van der Waals surface area contributed by atoms with Gasteiger partial charge >= 0.3 is 6.09 Å². The van der Waals surface area contributed by atoms with Crippen molar-refractivity contribution in [3.05, 3.63) is 65.7 Å². The molecule has 0 aliphatic heterocycles. The molecule has 0 radical (unpaired) electrons. The quantitative estimate of drug-likeness (QED) is 0.933. The highest BCUT2D eigenvalue weighted by Gasteiger charge is 2.15. The number of halogens is 2. The number of hydrogen-bond donors (Lipinski definition) is 1. The molecule has 0 fully saturated rings. The van der Waals surface area contributed by atoms with E-state index in [1.165, 1.54) is 18.2 Å². The zero-order valence-electron chi connectivity index (χ0n) is 11.5. The Bertz CT molecular complexity index is 597. The van der Waals surface area contributed by atoms with Crippen LogP contribution >= 0.6 is 0 Å². The molecule has 3 nitrogen and oxygen atoms in total. The summed E-state index contributed by atoms with van der Waals surface area (Å²) in [6, 6.07) is 11.8. The van der Waals surface area contributed by atoms with Crippen LogP contribution in [0.4, 0.5) is 13.6 Å². The molecule has 0 saturated carbocycles. The van der Waals surface area contributed by atoms with E-state index in [9.17, 15) is 13.6 Å². The van der Waals surface area contributed by atoms with Crippen LogP contribution in [0.15, 0.2) is 48.5 Å². The van der Waals surface area contributed by atoms with Crippen molar-refractivity contribution in [1.29, 1.82) is 0 Å². The molecule has 21 heavy (non-hydrogen) atoms. The van der Waals surface area contributed by atoms with Gasteiger partial charge in [-0.3, -0.25) is 0 Å². The first-order chi connectivity index (χ1) is 10.1. The first-order valence-electron chi connectivity index (χ1n) is 6.52. The van der Waals surface area contributed by atoms with Gasteiger partial charge < -0.3 is 10.1 Å². The molecule has 5 heteroatoms. The number of carbonyl (C=O) groups is 1. The van der Waals surface area contributed by atoms with E-state index in [1.54, 1.807) is 37.3 Å². The Kier molecular flexibility index (Phi) is 4.87. The third-order valence-electron chi connectivity index (χ3n) is 2.89. The van der Waals surface area contributed by atoms with Crippen LogP contribution in [0.3, 0.4) is 0 Å². The molecule has 1 unspecified atom stereocenters. The summed E-state index contributed by atoms with van der Waals surface area (Å²) in [7, 11) is 0. The molecule has 1 N–H and O–H groups in total. The fraction of sp³-hybridized carbons (Fsp3) is 0.188. The maximum atomic E-state index is 13.5. The summed E-state index contributed by atoms with van der Waals surface area (Å²) in [6.07, 6.45) is -0.618. The Morgan fingerprint density at radius 1 is 1.10 bits per heavy atom. The first kappa shape index (κ1) is 15.0. The SMILES string of the molecule is CC(Cc1c(F)cccc1F)NC(=O)Oc1ccccc1. The fourth-order valence-corrected chi connectivity index (χ4v) is 1.91. The summed E-state index contributed by atoms with van der Waals surface area (Å²) in [5.74, 6) is -0.848. The van der Waals surface area contributed by atoms with Crippen LogP contribution in [0.5, 0.6) is 5.75 Å². The highest BCUT2D eigenvalue weighted by Crippen LogP contribution is 2.14. The smallest absolute Gasteiger partial charge is 0.410 e. The lowest BCUT2D eigenvalue weighted by Gasteiger charge is -2.14. The van der Waals surface area contributed by atoms with Crippen molar-refractivity contribution in [1.82, 2.24) is 5.32 Å². The van der Waals surface area contributed by atoms with Crippen LogP contribution in [-0.2, 0) is 6.42 Å². The summed E-state index contributed by atoms with van der Waals surface area (Å²) in [4.78, 5) is 11.7. The van der Waals surface area contributed by atoms with E-state index in [4.69, 9.17) is 4.74 Å². The zero-order valence-corrected chi connectivity index (χ0v) is 11.5. The molecule has 0 saturated heterocycles. The van der Waals surface area contributed by atoms with E-state index in [0.29, 0.717) is 5.75 Å². The number of hydrogen-bond acceptors (Lipinski definition) is 2. The van der Waals surface area contributed by atoms with Gasteiger partial charge in [-0.2, -0.15) is 0 Å². The number of amides is 1. The molecule has 2 aromatic rings. The number of benzene rings is 2. The number of ether oxygens (including phenoxy) is 1. The average Bonchev–Trinajstić information content (AvgIpc) is 2.44. The normalized spacial score (nSPS) is 11.8. The third kappa shape index (κ3) is 4.27. The van der Waals surface area contributed by atoms with Crippen molar-refractivity contribution in [3.8, 4) is 5.75 Å². The zero-order chi connectivity index (χ0) is 15.2. The van der Waals surface area contributed by atoms with Crippen molar-refractivity contribution in [2.75, 3.05) is 0 Å². The Hall–Kier alpha value is -2.43. The van der Waals surface area contributed by atoms with Gasteiger partial charge in [0.1, 0.15) is 17.4 Å². The summed E-state index contributed by atoms with van der Waals surface area (Å²) in [5.41, 5.74) is -0.0509. The molecule has 0 aliphatic carbocycles. The summed E-state index contributed by atoms with van der Waals surface area (Å²) >= 11 is 0. The molecular weight excluding hydrogens is 276 g/mol. The van der Waals surface area contributed by atoms with Gasteiger partial charge in [0.15, 0.2) is 0 Å². The van der Waals surface area contributed by atoms with Gasteiger partial charge in [0.05, 0.1) is 0 Å². The Balaban J connectivity index is 1.92. The van der Waals surface area contributed by atoms with E-state index in [-0.39, 0.29) is 12.0 Å².